The van der Waals surface area contributed by atoms with Gasteiger partial charge in [0.15, 0.2) is 0 Å². The zero-order valence-corrected chi connectivity index (χ0v) is 16.9. The minimum absolute atomic E-state index is 0.0776. The number of hydrogen-bond acceptors (Lipinski definition) is 5. The van der Waals surface area contributed by atoms with Crippen molar-refractivity contribution in [3.63, 3.8) is 0 Å². The van der Waals surface area contributed by atoms with Crippen molar-refractivity contribution in [1.82, 2.24) is 14.5 Å². The van der Waals surface area contributed by atoms with Gasteiger partial charge in [0, 0.05) is 12.2 Å². The van der Waals surface area contributed by atoms with E-state index in [4.69, 9.17) is 0 Å². The van der Waals surface area contributed by atoms with Gasteiger partial charge in [-0.05, 0) is 61.2 Å². The van der Waals surface area contributed by atoms with Crippen LogP contribution in [0.2, 0.25) is 0 Å². The van der Waals surface area contributed by atoms with Crippen molar-refractivity contribution in [2.75, 3.05) is 4.31 Å². The van der Waals surface area contributed by atoms with E-state index >= 15 is 0 Å². The van der Waals surface area contributed by atoms with Gasteiger partial charge in [0.05, 0.1) is 11.9 Å². The van der Waals surface area contributed by atoms with Gasteiger partial charge in [-0.2, -0.15) is 13.5 Å². The van der Waals surface area contributed by atoms with Crippen molar-refractivity contribution in [3.8, 4) is 5.75 Å². The van der Waals surface area contributed by atoms with Crippen molar-refractivity contribution in [3.05, 3.63) is 65.4 Å². The second kappa shape index (κ2) is 7.00. The minimum atomic E-state index is -3.97. The molecule has 1 aliphatic rings. The summed E-state index contributed by atoms with van der Waals surface area (Å²) in [6.07, 6.45) is 2.78. The van der Waals surface area contributed by atoms with Gasteiger partial charge in [0.25, 0.3) is 0 Å². The summed E-state index contributed by atoms with van der Waals surface area (Å²) < 4.78 is 29.0. The summed E-state index contributed by atoms with van der Waals surface area (Å²) in [6.45, 7) is 4.84. The summed E-state index contributed by atoms with van der Waals surface area (Å²) in [6, 6.07) is 11.1. The van der Waals surface area contributed by atoms with Crippen LogP contribution in [0.3, 0.4) is 0 Å². The number of rotatable bonds is 5. The van der Waals surface area contributed by atoms with Crippen LogP contribution >= 0.6 is 0 Å². The van der Waals surface area contributed by atoms with Crippen molar-refractivity contribution in [2.45, 2.75) is 33.2 Å². The number of anilines is 1. The van der Waals surface area contributed by atoms with E-state index in [1.165, 1.54) is 6.07 Å². The molecule has 0 unspecified atom stereocenters. The maximum Gasteiger partial charge on any atom is 0.330 e. The Balaban J connectivity index is 1.58. The fraction of sp³-hybridized carbons (Fsp3) is 0.250. The van der Waals surface area contributed by atoms with E-state index in [-0.39, 0.29) is 11.4 Å². The van der Waals surface area contributed by atoms with Gasteiger partial charge in [0.2, 0.25) is 5.88 Å². The number of fused-ring (bicyclic) bond motifs is 1. The number of aromatic hydroxyl groups is 1. The van der Waals surface area contributed by atoms with Gasteiger partial charge in [0.1, 0.15) is 11.4 Å². The van der Waals surface area contributed by atoms with Crippen LogP contribution in [0.5, 0.6) is 5.75 Å². The third kappa shape index (κ3) is 3.73. The molecule has 0 saturated heterocycles. The number of nitrogens with zero attached hydrogens (tertiary/aromatic N) is 3. The molecule has 9 heteroatoms. The van der Waals surface area contributed by atoms with Crippen LogP contribution in [-0.4, -0.2) is 28.4 Å². The van der Waals surface area contributed by atoms with Crippen LogP contribution in [0, 0.1) is 13.8 Å². The summed E-state index contributed by atoms with van der Waals surface area (Å²) >= 11 is 0. The lowest BCUT2D eigenvalue weighted by Crippen LogP contribution is -2.29. The van der Waals surface area contributed by atoms with Crippen LogP contribution in [-0.2, 0) is 23.2 Å². The Morgan fingerprint density at radius 1 is 1.07 bits per heavy atom. The first-order valence-corrected chi connectivity index (χ1v) is 10.7. The van der Waals surface area contributed by atoms with E-state index in [0.29, 0.717) is 0 Å². The molecular formula is C20H22N4O4S. The molecule has 2 heterocycles. The number of phenols is 1. The van der Waals surface area contributed by atoms with Gasteiger partial charge in [-0.15, -0.1) is 0 Å². The Kier molecular flexibility index (Phi) is 4.62. The quantitative estimate of drug-likeness (QED) is 0.595. The largest absolute Gasteiger partial charge is 0.506 e. The lowest BCUT2D eigenvalue weighted by Gasteiger charge is -2.16. The molecule has 4 rings (SSSR count). The molecule has 0 aliphatic carbocycles. The number of nitrogens with one attached hydrogen (secondary N) is 1. The second-order valence-electron chi connectivity index (χ2n) is 7.19. The molecule has 1 aliphatic heterocycles. The maximum absolute atomic E-state index is 12.1. The van der Waals surface area contributed by atoms with Crippen molar-refractivity contribution in [2.24, 2.45) is 0 Å². The molecule has 0 saturated carbocycles. The Hall–Kier alpha value is -3.20. The summed E-state index contributed by atoms with van der Waals surface area (Å²) in [7, 11) is -3.97. The molecule has 1 aromatic heterocycles. The van der Waals surface area contributed by atoms with Crippen LogP contribution in [0.1, 0.15) is 23.4 Å². The first-order valence-electron chi connectivity index (χ1n) is 9.22. The normalized spacial score (nSPS) is 15.5. The molecule has 0 bridgehead atoms. The average molecular weight is 414 g/mol. The number of hydrogen-bond donors (Lipinski definition) is 3. The number of aliphatic hydroxyl groups is 1. The van der Waals surface area contributed by atoms with Gasteiger partial charge < -0.3 is 10.2 Å². The van der Waals surface area contributed by atoms with Crippen molar-refractivity contribution < 1.29 is 18.6 Å². The number of aryl methyl sites for hydroxylation is 4. The second-order valence-corrected chi connectivity index (χ2v) is 8.74. The molecular weight excluding hydrogens is 392 g/mol. The fourth-order valence-electron chi connectivity index (χ4n) is 3.58. The number of aromatic nitrogens is 2. The first-order chi connectivity index (χ1) is 13.7. The lowest BCUT2D eigenvalue weighted by atomic mass is 10.0. The van der Waals surface area contributed by atoms with E-state index in [1.54, 1.807) is 6.07 Å². The highest BCUT2D eigenvalue weighted by atomic mass is 32.2. The number of aliphatic hydroxyl groups excluding tert-OH is 1. The topological polar surface area (TPSA) is 108 Å². The number of phenolic OH excluding ortho intramolecular Hbond substituents is 1. The van der Waals surface area contributed by atoms with Crippen molar-refractivity contribution in [1.29, 1.82) is 0 Å². The molecule has 8 nitrogen and oxygen atoms in total. The predicted octanol–water partition coefficient (Wildman–Crippen LogP) is 3.00. The Morgan fingerprint density at radius 3 is 2.52 bits per heavy atom. The molecule has 0 radical (unpaired) electrons. The Bertz CT molecular complexity index is 1230. The van der Waals surface area contributed by atoms with E-state index in [0.717, 1.165) is 57.6 Å². The first kappa shape index (κ1) is 19.1. The highest BCUT2D eigenvalue weighted by Crippen LogP contribution is 2.36. The van der Waals surface area contributed by atoms with E-state index < -0.39 is 16.1 Å². The molecule has 152 valence electrons. The highest BCUT2D eigenvalue weighted by molar-refractivity contribution is 7.91. The molecule has 0 spiro atoms. The maximum atomic E-state index is 12.1. The summed E-state index contributed by atoms with van der Waals surface area (Å²) in [5.41, 5.74) is 3.33. The molecule has 0 amide bonds. The zero-order chi connectivity index (χ0) is 20.8. The summed E-state index contributed by atoms with van der Waals surface area (Å²) in [5.74, 6) is -0.687. The fourth-order valence-corrected chi connectivity index (χ4v) is 4.64. The highest BCUT2D eigenvalue weighted by Gasteiger charge is 2.30. The summed E-state index contributed by atoms with van der Waals surface area (Å²) in [4.78, 5) is 0. The van der Waals surface area contributed by atoms with E-state index in [2.05, 4.69) is 11.2 Å². The van der Waals surface area contributed by atoms with Crippen LogP contribution in [0.15, 0.2) is 48.5 Å². The molecule has 3 aromatic rings. The van der Waals surface area contributed by atoms with Crippen molar-refractivity contribution >= 4 is 26.7 Å². The molecule has 0 fully saturated rings. The zero-order valence-electron chi connectivity index (χ0n) is 16.1. The smallest absolute Gasteiger partial charge is 0.330 e. The summed E-state index contributed by atoms with van der Waals surface area (Å²) in [5, 5.41) is 25.9. The molecule has 29 heavy (non-hydrogen) atoms. The average Bonchev–Trinajstić information content (AvgIpc) is 3.10. The lowest BCUT2D eigenvalue weighted by molar-refractivity contribution is 0.392. The van der Waals surface area contributed by atoms with E-state index in [1.807, 2.05) is 41.5 Å². The third-order valence-corrected chi connectivity index (χ3v) is 6.19. The number of benzene rings is 2. The van der Waals surface area contributed by atoms with Crippen LogP contribution in [0.4, 0.5) is 5.69 Å². The van der Waals surface area contributed by atoms with Gasteiger partial charge in [-0.3, -0.25) is 4.68 Å². The molecule has 2 aromatic carbocycles. The third-order valence-electron chi connectivity index (χ3n) is 4.91. The van der Waals surface area contributed by atoms with Gasteiger partial charge >= 0.3 is 10.2 Å². The monoisotopic (exact) mass is 414 g/mol. The predicted molar refractivity (Wildman–Crippen MR) is 111 cm³/mol. The minimum Gasteiger partial charge on any atom is -0.506 e. The SMILES string of the molecule is Cc1cc(C)n(CCCc2ccc3cc(O)c(N4C=C(O)NS4(=O)=O)cc3c2)n1. The van der Waals surface area contributed by atoms with Crippen LogP contribution in [0.25, 0.3) is 10.8 Å². The molecule has 3 N–H and O–H groups in total. The van der Waals surface area contributed by atoms with Gasteiger partial charge in [-0.25, -0.2) is 9.03 Å². The Morgan fingerprint density at radius 2 is 1.86 bits per heavy atom. The molecule has 0 atom stereocenters. The van der Waals surface area contributed by atoms with Gasteiger partial charge in [-0.1, -0.05) is 18.2 Å². The van der Waals surface area contributed by atoms with E-state index in [9.17, 15) is 18.6 Å². The van der Waals surface area contributed by atoms with Crippen LogP contribution < -0.4 is 9.03 Å². The standard InChI is InChI=1S/C20H22N4O4S/c1-13-8-14(2)23(21-13)7-3-4-15-5-6-16-11-19(25)18(10-17(16)9-15)24-12-20(26)22-29(24,27)28/h5-6,8-12,22,25-26H,3-4,7H2,1-2H3. The Labute approximate surface area is 168 Å².